The van der Waals surface area contributed by atoms with E-state index >= 15 is 0 Å². The highest BCUT2D eigenvalue weighted by Gasteiger charge is 2.29. The van der Waals surface area contributed by atoms with Crippen molar-refractivity contribution in [2.24, 2.45) is 0 Å². The third-order valence-electron chi connectivity index (χ3n) is 2.83. The van der Waals surface area contributed by atoms with Crippen LogP contribution in [0.4, 0.5) is 0 Å². The Labute approximate surface area is 110 Å². The molecule has 17 heavy (non-hydrogen) atoms. The Kier molecular flexibility index (Phi) is 4.26. The molecular weight excluding hydrogens is 261 g/mol. The highest BCUT2D eigenvalue weighted by molar-refractivity contribution is 6.31. The molecule has 1 aromatic carbocycles. The van der Waals surface area contributed by atoms with Gasteiger partial charge in [0.1, 0.15) is 5.88 Å². The highest BCUT2D eigenvalue weighted by atomic mass is 35.5. The molecule has 0 bridgehead atoms. The lowest BCUT2D eigenvalue weighted by atomic mass is 10.0. The fourth-order valence-electron chi connectivity index (χ4n) is 1.98. The molecular formula is C12H13Cl2NO2. The first-order valence-electron chi connectivity index (χ1n) is 5.41. The largest absolute Gasteiger partial charge is 0.377 e. The molecule has 1 aromatic rings. The van der Waals surface area contributed by atoms with Crippen LogP contribution in [-0.2, 0) is 9.53 Å². The molecule has 0 spiro atoms. The van der Waals surface area contributed by atoms with Gasteiger partial charge >= 0.3 is 0 Å². The molecule has 5 heteroatoms. The molecule has 1 atom stereocenters. The minimum atomic E-state index is -0.135. The summed E-state index contributed by atoms with van der Waals surface area (Å²) in [6.07, 6.45) is 0. The van der Waals surface area contributed by atoms with Gasteiger partial charge in [-0.15, -0.1) is 11.6 Å². The number of hydrogen-bond acceptors (Lipinski definition) is 2. The van der Waals surface area contributed by atoms with Crippen molar-refractivity contribution in [2.75, 3.05) is 25.6 Å². The van der Waals surface area contributed by atoms with Gasteiger partial charge in [-0.05, 0) is 11.6 Å². The van der Waals surface area contributed by atoms with Gasteiger partial charge in [-0.3, -0.25) is 4.79 Å². The number of amides is 1. The number of rotatable bonds is 2. The monoisotopic (exact) mass is 273 g/mol. The molecule has 1 amide bonds. The zero-order valence-corrected chi connectivity index (χ0v) is 10.7. The smallest absolute Gasteiger partial charge is 0.238 e. The summed E-state index contributed by atoms with van der Waals surface area (Å²) < 4.78 is 5.42. The van der Waals surface area contributed by atoms with Gasteiger partial charge in [0, 0.05) is 11.6 Å². The van der Waals surface area contributed by atoms with Crippen molar-refractivity contribution in [3.05, 3.63) is 34.9 Å². The molecule has 1 aliphatic heterocycles. The number of benzene rings is 1. The average Bonchev–Trinajstić information content (AvgIpc) is 2.38. The highest BCUT2D eigenvalue weighted by Crippen LogP contribution is 2.29. The van der Waals surface area contributed by atoms with Crippen LogP contribution < -0.4 is 0 Å². The molecule has 0 N–H and O–H groups in total. The van der Waals surface area contributed by atoms with Crippen LogP contribution in [0.2, 0.25) is 5.02 Å². The Morgan fingerprint density at radius 3 is 2.94 bits per heavy atom. The van der Waals surface area contributed by atoms with Gasteiger partial charge in [0.15, 0.2) is 0 Å². The number of nitrogens with zero attached hydrogens (tertiary/aromatic N) is 1. The summed E-state index contributed by atoms with van der Waals surface area (Å²) in [5, 5.41) is 0.648. The lowest BCUT2D eigenvalue weighted by Gasteiger charge is -2.36. The first kappa shape index (κ1) is 12.7. The van der Waals surface area contributed by atoms with Crippen LogP contribution in [0.15, 0.2) is 24.3 Å². The number of alkyl halides is 1. The van der Waals surface area contributed by atoms with Crippen molar-refractivity contribution in [2.45, 2.75) is 6.04 Å². The quantitative estimate of drug-likeness (QED) is 0.775. The fourth-order valence-corrected chi connectivity index (χ4v) is 2.40. The SMILES string of the molecule is O=C(CCl)N1CCOCC1c1ccccc1Cl. The van der Waals surface area contributed by atoms with E-state index in [0.29, 0.717) is 24.8 Å². The standard InChI is InChI=1S/C12H13Cl2NO2/c13-7-12(16)15-5-6-17-8-11(15)9-3-1-2-4-10(9)14/h1-4,11H,5-8H2. The third-order valence-corrected chi connectivity index (χ3v) is 3.40. The summed E-state index contributed by atoms with van der Waals surface area (Å²) in [5.74, 6) is -0.0964. The molecule has 1 aliphatic rings. The number of halogens is 2. The fraction of sp³-hybridized carbons (Fsp3) is 0.417. The normalized spacial score (nSPS) is 20.4. The summed E-state index contributed by atoms with van der Waals surface area (Å²) in [4.78, 5) is 13.5. The second kappa shape index (κ2) is 5.71. The maximum Gasteiger partial charge on any atom is 0.238 e. The number of morpholine rings is 1. The zero-order chi connectivity index (χ0) is 12.3. The second-order valence-corrected chi connectivity index (χ2v) is 4.51. The maximum absolute atomic E-state index is 11.8. The van der Waals surface area contributed by atoms with Crippen molar-refractivity contribution in [3.63, 3.8) is 0 Å². The molecule has 92 valence electrons. The van der Waals surface area contributed by atoms with Crippen molar-refractivity contribution in [1.82, 2.24) is 4.90 Å². The Hall–Kier alpha value is -0.770. The van der Waals surface area contributed by atoms with E-state index < -0.39 is 0 Å². The van der Waals surface area contributed by atoms with Gasteiger partial charge in [0.05, 0.1) is 19.3 Å². The van der Waals surface area contributed by atoms with Gasteiger partial charge in [-0.1, -0.05) is 29.8 Å². The maximum atomic E-state index is 11.8. The second-order valence-electron chi connectivity index (χ2n) is 3.83. The Balaban J connectivity index is 2.28. The summed E-state index contributed by atoms with van der Waals surface area (Å²) in [5.41, 5.74) is 0.910. The van der Waals surface area contributed by atoms with Crippen LogP contribution in [0.5, 0.6) is 0 Å². The van der Waals surface area contributed by atoms with Crippen molar-refractivity contribution in [3.8, 4) is 0 Å². The number of carbonyl (C=O) groups excluding carboxylic acids is 1. The average molecular weight is 274 g/mol. The van der Waals surface area contributed by atoms with E-state index in [9.17, 15) is 4.79 Å². The summed E-state index contributed by atoms with van der Waals surface area (Å²) in [6.45, 7) is 1.57. The van der Waals surface area contributed by atoms with Crippen LogP contribution in [0.25, 0.3) is 0 Å². The topological polar surface area (TPSA) is 29.5 Å². The number of carbonyl (C=O) groups is 1. The van der Waals surface area contributed by atoms with Gasteiger partial charge in [0.25, 0.3) is 0 Å². The van der Waals surface area contributed by atoms with E-state index in [1.54, 1.807) is 4.90 Å². The van der Waals surface area contributed by atoms with E-state index in [1.165, 1.54) is 0 Å². The first-order valence-corrected chi connectivity index (χ1v) is 6.33. The first-order chi connectivity index (χ1) is 8.24. The molecule has 1 unspecified atom stereocenters. The molecule has 1 heterocycles. The van der Waals surface area contributed by atoms with Crippen molar-refractivity contribution < 1.29 is 9.53 Å². The Morgan fingerprint density at radius 1 is 1.47 bits per heavy atom. The minimum Gasteiger partial charge on any atom is -0.377 e. The van der Waals surface area contributed by atoms with E-state index in [2.05, 4.69) is 0 Å². The van der Waals surface area contributed by atoms with Crippen molar-refractivity contribution >= 4 is 29.1 Å². The summed E-state index contributed by atoms with van der Waals surface area (Å²) in [6, 6.07) is 7.36. The lowest BCUT2D eigenvalue weighted by Crippen LogP contribution is -2.44. The van der Waals surface area contributed by atoms with Gasteiger partial charge in [-0.2, -0.15) is 0 Å². The van der Waals surface area contributed by atoms with E-state index in [-0.39, 0.29) is 17.8 Å². The van der Waals surface area contributed by atoms with E-state index in [0.717, 1.165) is 5.56 Å². The van der Waals surface area contributed by atoms with Crippen LogP contribution in [0.1, 0.15) is 11.6 Å². The van der Waals surface area contributed by atoms with Gasteiger partial charge in [0.2, 0.25) is 5.91 Å². The minimum absolute atomic E-state index is 0.0129. The molecule has 1 fully saturated rings. The molecule has 0 aliphatic carbocycles. The molecule has 0 radical (unpaired) electrons. The summed E-state index contributed by atoms with van der Waals surface area (Å²) >= 11 is 11.8. The van der Waals surface area contributed by atoms with Crippen LogP contribution in [-0.4, -0.2) is 36.4 Å². The van der Waals surface area contributed by atoms with Crippen LogP contribution in [0.3, 0.4) is 0 Å². The molecule has 0 saturated carbocycles. The van der Waals surface area contributed by atoms with Gasteiger partial charge in [-0.25, -0.2) is 0 Å². The molecule has 2 rings (SSSR count). The molecule has 3 nitrogen and oxygen atoms in total. The summed E-state index contributed by atoms with van der Waals surface area (Å²) in [7, 11) is 0. The molecule has 1 saturated heterocycles. The predicted molar refractivity (Wildman–Crippen MR) is 67.4 cm³/mol. The number of hydrogen-bond donors (Lipinski definition) is 0. The van der Waals surface area contributed by atoms with Gasteiger partial charge < -0.3 is 9.64 Å². The lowest BCUT2D eigenvalue weighted by molar-refractivity contribution is -0.137. The number of ether oxygens (including phenoxy) is 1. The Bertz CT molecular complexity index is 411. The Morgan fingerprint density at radius 2 is 2.24 bits per heavy atom. The van der Waals surface area contributed by atoms with Crippen molar-refractivity contribution in [1.29, 1.82) is 0 Å². The van der Waals surface area contributed by atoms with E-state index in [1.807, 2.05) is 24.3 Å². The van der Waals surface area contributed by atoms with Crippen LogP contribution >= 0.6 is 23.2 Å². The van der Waals surface area contributed by atoms with E-state index in [4.69, 9.17) is 27.9 Å². The zero-order valence-electron chi connectivity index (χ0n) is 9.23. The van der Waals surface area contributed by atoms with Crippen LogP contribution in [0, 0.1) is 0 Å². The predicted octanol–water partition coefficient (Wildman–Crippen LogP) is 2.48. The third kappa shape index (κ3) is 2.73. The molecule has 0 aromatic heterocycles.